The van der Waals surface area contributed by atoms with Crippen LogP contribution in [0.3, 0.4) is 0 Å². The van der Waals surface area contributed by atoms with E-state index < -0.39 is 0 Å². The van der Waals surface area contributed by atoms with Gasteiger partial charge in [-0.05, 0) is 18.2 Å². The van der Waals surface area contributed by atoms with Gasteiger partial charge in [0.1, 0.15) is 0 Å². The van der Waals surface area contributed by atoms with Crippen molar-refractivity contribution in [3.63, 3.8) is 0 Å². The van der Waals surface area contributed by atoms with Gasteiger partial charge in [-0.1, -0.05) is 24.3 Å². The third-order valence-corrected chi connectivity index (χ3v) is 2.70. The molecule has 0 bridgehead atoms. The van der Waals surface area contributed by atoms with Crippen LogP contribution in [0.5, 0.6) is 0 Å². The first kappa shape index (κ1) is 7.15. The smallest absolute Gasteiger partial charge is 0.0996 e. The molecule has 0 saturated carbocycles. The van der Waals surface area contributed by atoms with Gasteiger partial charge in [-0.3, -0.25) is 5.32 Å². The zero-order valence-corrected chi connectivity index (χ0v) is 7.22. The minimum atomic E-state index is 0.349. The second kappa shape index (κ2) is 2.60. The number of rotatable bonds is 0. The van der Waals surface area contributed by atoms with Crippen LogP contribution in [0, 0.1) is 6.08 Å². The Hall–Kier alpha value is -1.28. The van der Waals surface area contributed by atoms with E-state index in [2.05, 4.69) is 52.9 Å². The van der Waals surface area contributed by atoms with E-state index in [1.807, 2.05) is 6.08 Å². The van der Waals surface area contributed by atoms with E-state index in [1.54, 1.807) is 0 Å². The molecule has 2 heterocycles. The van der Waals surface area contributed by atoms with Gasteiger partial charge in [0.15, 0.2) is 0 Å². The first-order valence-corrected chi connectivity index (χ1v) is 4.60. The van der Waals surface area contributed by atoms with E-state index in [4.69, 9.17) is 0 Å². The molecule has 0 aromatic heterocycles. The molecule has 1 radical (unpaired) electrons. The summed E-state index contributed by atoms with van der Waals surface area (Å²) in [5.74, 6) is 0. The van der Waals surface area contributed by atoms with Gasteiger partial charge in [-0.2, -0.15) is 0 Å². The van der Waals surface area contributed by atoms with E-state index in [9.17, 15) is 0 Å². The number of nitrogens with zero attached hydrogens (tertiary/aromatic N) is 1. The first-order chi connectivity index (χ1) is 6.45. The van der Waals surface area contributed by atoms with Crippen molar-refractivity contribution in [2.75, 3.05) is 0 Å². The third-order valence-electron chi connectivity index (χ3n) is 2.70. The standard InChI is InChI=1S/C11H11N2/c1-2-6-10-9(5-1)12-11-7-3-4-8-13(10)11/h1-4,6-12H. The summed E-state index contributed by atoms with van der Waals surface area (Å²) in [4.78, 5) is 2.32. The van der Waals surface area contributed by atoms with Crippen LogP contribution in [-0.2, 0) is 0 Å². The summed E-state index contributed by atoms with van der Waals surface area (Å²) in [6, 6.07) is 0.790. The van der Waals surface area contributed by atoms with Crippen LogP contribution in [0.25, 0.3) is 0 Å². The maximum absolute atomic E-state index is 3.49. The number of nitrogens with one attached hydrogen (secondary N) is 1. The van der Waals surface area contributed by atoms with E-state index in [-0.39, 0.29) is 0 Å². The van der Waals surface area contributed by atoms with Crippen LogP contribution >= 0.6 is 0 Å². The lowest BCUT2D eigenvalue weighted by Gasteiger charge is -2.27. The van der Waals surface area contributed by atoms with Gasteiger partial charge < -0.3 is 4.90 Å². The Bertz CT molecular complexity index is 293. The van der Waals surface area contributed by atoms with Gasteiger partial charge in [0.25, 0.3) is 0 Å². The zero-order valence-electron chi connectivity index (χ0n) is 7.22. The van der Waals surface area contributed by atoms with Crippen LogP contribution in [0.4, 0.5) is 0 Å². The van der Waals surface area contributed by atoms with Crippen LogP contribution in [0.2, 0.25) is 0 Å². The molecule has 0 spiro atoms. The predicted molar refractivity (Wildman–Crippen MR) is 51.6 cm³/mol. The van der Waals surface area contributed by atoms with Crippen LogP contribution in [-0.4, -0.2) is 23.1 Å². The fourth-order valence-electron chi connectivity index (χ4n) is 2.08. The molecule has 3 aliphatic rings. The van der Waals surface area contributed by atoms with E-state index in [1.165, 1.54) is 0 Å². The number of allylic oxidation sites excluding steroid dienone is 4. The molecule has 0 aromatic rings. The minimum absolute atomic E-state index is 0.349. The summed E-state index contributed by atoms with van der Waals surface area (Å²) in [7, 11) is 0. The Labute approximate surface area is 77.9 Å². The Morgan fingerprint density at radius 1 is 1.15 bits per heavy atom. The Kier molecular flexibility index (Phi) is 1.43. The molecule has 0 aromatic carbocycles. The van der Waals surface area contributed by atoms with Crippen molar-refractivity contribution in [3.8, 4) is 0 Å². The fraction of sp³-hybridized carbons (Fsp3) is 0.273. The maximum atomic E-state index is 3.49. The lowest BCUT2D eigenvalue weighted by Crippen LogP contribution is -2.33. The van der Waals surface area contributed by atoms with Crippen LogP contribution in [0.15, 0.2) is 42.7 Å². The summed E-state index contributed by atoms with van der Waals surface area (Å²) in [5, 5.41) is 3.49. The molecule has 13 heavy (non-hydrogen) atoms. The SMILES string of the molecule is [C]1=CC=CC2C1NC1C=CC=CN12. The van der Waals surface area contributed by atoms with Gasteiger partial charge in [-0.15, -0.1) is 0 Å². The third kappa shape index (κ3) is 0.988. The predicted octanol–water partition coefficient (Wildman–Crippen LogP) is 0.968. The highest BCUT2D eigenvalue weighted by Crippen LogP contribution is 2.24. The van der Waals surface area contributed by atoms with Crippen molar-refractivity contribution in [1.29, 1.82) is 0 Å². The maximum Gasteiger partial charge on any atom is 0.0996 e. The highest BCUT2D eigenvalue weighted by Gasteiger charge is 2.36. The first-order valence-electron chi connectivity index (χ1n) is 4.60. The molecule has 2 nitrogen and oxygen atoms in total. The molecule has 1 saturated heterocycles. The van der Waals surface area contributed by atoms with Gasteiger partial charge in [0.05, 0.1) is 18.2 Å². The van der Waals surface area contributed by atoms with Crippen LogP contribution < -0.4 is 5.32 Å². The summed E-state index contributed by atoms with van der Waals surface area (Å²) >= 11 is 0. The molecular weight excluding hydrogens is 160 g/mol. The highest BCUT2D eigenvalue weighted by atomic mass is 15.4. The molecule has 1 N–H and O–H groups in total. The Balaban J connectivity index is 1.95. The molecule has 3 unspecified atom stereocenters. The average Bonchev–Trinajstić information content (AvgIpc) is 2.56. The molecule has 1 fully saturated rings. The molecule has 2 heteroatoms. The highest BCUT2D eigenvalue weighted by molar-refractivity contribution is 5.26. The molecule has 0 amide bonds. The lowest BCUT2D eigenvalue weighted by atomic mass is 10.0. The van der Waals surface area contributed by atoms with Crippen molar-refractivity contribution < 1.29 is 0 Å². The summed E-state index contributed by atoms with van der Waals surface area (Å²) < 4.78 is 0. The van der Waals surface area contributed by atoms with Crippen LogP contribution in [0.1, 0.15) is 0 Å². The summed E-state index contributed by atoms with van der Waals surface area (Å²) in [6.45, 7) is 0. The van der Waals surface area contributed by atoms with E-state index in [0.717, 1.165) is 0 Å². The van der Waals surface area contributed by atoms with Crippen molar-refractivity contribution >= 4 is 0 Å². The Morgan fingerprint density at radius 2 is 2.15 bits per heavy atom. The molecular formula is C11H11N2. The normalized spacial score (nSPS) is 39.4. The second-order valence-corrected chi connectivity index (χ2v) is 3.47. The molecule has 3 atom stereocenters. The summed E-state index contributed by atoms with van der Waals surface area (Å²) in [5.41, 5.74) is 0. The fourth-order valence-corrected chi connectivity index (χ4v) is 2.08. The van der Waals surface area contributed by atoms with Crippen molar-refractivity contribution in [3.05, 3.63) is 48.7 Å². The Morgan fingerprint density at radius 3 is 3.15 bits per heavy atom. The molecule has 1 aliphatic carbocycles. The van der Waals surface area contributed by atoms with Crippen molar-refractivity contribution in [1.82, 2.24) is 10.2 Å². The molecule has 3 rings (SSSR count). The number of hydrogen-bond donors (Lipinski definition) is 1. The molecule has 2 aliphatic heterocycles. The summed E-state index contributed by atoms with van der Waals surface area (Å²) in [6.07, 6.45) is 18.4. The zero-order chi connectivity index (χ0) is 8.67. The topological polar surface area (TPSA) is 15.3 Å². The van der Waals surface area contributed by atoms with Gasteiger partial charge in [0, 0.05) is 6.20 Å². The van der Waals surface area contributed by atoms with Gasteiger partial charge in [0.2, 0.25) is 0 Å². The van der Waals surface area contributed by atoms with Crippen molar-refractivity contribution in [2.24, 2.45) is 0 Å². The second-order valence-electron chi connectivity index (χ2n) is 3.47. The number of fused-ring (bicyclic) bond motifs is 3. The van der Waals surface area contributed by atoms with E-state index in [0.29, 0.717) is 18.2 Å². The lowest BCUT2D eigenvalue weighted by molar-refractivity contribution is 0.336. The minimum Gasteiger partial charge on any atom is -0.350 e. The quantitative estimate of drug-likeness (QED) is 0.584. The van der Waals surface area contributed by atoms with Crippen molar-refractivity contribution in [2.45, 2.75) is 18.2 Å². The van der Waals surface area contributed by atoms with Gasteiger partial charge in [-0.25, -0.2) is 0 Å². The van der Waals surface area contributed by atoms with Gasteiger partial charge >= 0.3 is 0 Å². The van der Waals surface area contributed by atoms with E-state index >= 15 is 0 Å². The average molecular weight is 171 g/mol. The number of hydrogen-bond acceptors (Lipinski definition) is 2. The molecule has 65 valence electrons. The largest absolute Gasteiger partial charge is 0.350 e. The monoisotopic (exact) mass is 171 g/mol.